The van der Waals surface area contributed by atoms with Gasteiger partial charge in [-0.15, -0.1) is 0 Å². The zero-order chi connectivity index (χ0) is 17.5. The number of hydrogen-bond donors (Lipinski definition) is 1. The van der Waals surface area contributed by atoms with Gasteiger partial charge in [0.1, 0.15) is 5.82 Å². The van der Waals surface area contributed by atoms with Crippen molar-refractivity contribution in [2.75, 3.05) is 7.11 Å². The van der Waals surface area contributed by atoms with Crippen molar-refractivity contribution in [3.63, 3.8) is 0 Å². The summed E-state index contributed by atoms with van der Waals surface area (Å²) in [5.41, 5.74) is 3.14. The minimum atomic E-state index is -0.632. The molecule has 6 nitrogen and oxygen atoms in total. The van der Waals surface area contributed by atoms with E-state index in [4.69, 9.17) is 9.47 Å². The highest BCUT2D eigenvalue weighted by Gasteiger charge is 2.12. The quantitative estimate of drug-likeness (QED) is 0.395. The molecule has 0 saturated carbocycles. The predicted octanol–water partition coefficient (Wildman–Crippen LogP) is 2.52. The number of halogens is 1. The van der Waals surface area contributed by atoms with E-state index in [9.17, 15) is 14.0 Å². The summed E-state index contributed by atoms with van der Waals surface area (Å²) in [5.74, 6) is -0.830. The molecule has 2 rings (SSSR count). The molecular weight excluding hydrogens is 315 g/mol. The molecule has 2 aromatic carbocycles. The Hall–Kier alpha value is -3.22. The summed E-state index contributed by atoms with van der Waals surface area (Å²) < 4.78 is 23.3. The molecule has 24 heavy (non-hydrogen) atoms. The molecule has 1 amide bonds. The molecule has 1 N–H and O–H groups in total. The summed E-state index contributed by atoms with van der Waals surface area (Å²) in [5, 5.41) is 3.74. The van der Waals surface area contributed by atoms with E-state index < -0.39 is 11.8 Å². The lowest BCUT2D eigenvalue weighted by molar-refractivity contribution is -0.118. The minimum absolute atomic E-state index is 0.212. The number of nitrogens with one attached hydrogen (secondary N) is 1. The van der Waals surface area contributed by atoms with Crippen molar-refractivity contribution >= 4 is 18.1 Å². The van der Waals surface area contributed by atoms with Crippen LogP contribution in [0.1, 0.15) is 22.8 Å². The van der Waals surface area contributed by atoms with E-state index in [2.05, 4.69) is 10.5 Å². The SMILES string of the molecule is COc1cc(C=NNC(C)=O)ccc1OC(=O)c1ccc(F)cc1. The van der Waals surface area contributed by atoms with E-state index in [0.717, 1.165) is 0 Å². The monoisotopic (exact) mass is 330 g/mol. The number of amides is 1. The fourth-order valence-corrected chi connectivity index (χ4v) is 1.79. The van der Waals surface area contributed by atoms with E-state index in [1.807, 2.05) is 0 Å². The van der Waals surface area contributed by atoms with Crippen LogP contribution in [0, 0.1) is 5.82 Å². The average Bonchev–Trinajstić information content (AvgIpc) is 2.56. The summed E-state index contributed by atoms with van der Waals surface area (Å²) in [6.45, 7) is 1.34. The normalized spacial score (nSPS) is 10.5. The number of hydrazone groups is 1. The van der Waals surface area contributed by atoms with Gasteiger partial charge in [0, 0.05) is 6.92 Å². The first-order chi connectivity index (χ1) is 11.5. The number of carbonyl (C=O) groups is 2. The van der Waals surface area contributed by atoms with E-state index in [-0.39, 0.29) is 17.2 Å². The largest absolute Gasteiger partial charge is 0.493 e. The van der Waals surface area contributed by atoms with Crippen molar-refractivity contribution in [1.82, 2.24) is 5.43 Å². The standard InChI is InChI=1S/C17H15FN2O4/c1-11(21)20-19-10-12-3-8-15(16(9-12)23-2)24-17(22)13-4-6-14(18)7-5-13/h3-10H,1-2H3,(H,20,21). The molecule has 0 aliphatic heterocycles. The molecule has 124 valence electrons. The van der Waals surface area contributed by atoms with Gasteiger partial charge in [-0.05, 0) is 48.0 Å². The van der Waals surface area contributed by atoms with E-state index >= 15 is 0 Å². The van der Waals surface area contributed by atoms with Gasteiger partial charge in [0.05, 0.1) is 18.9 Å². The molecule has 0 bridgehead atoms. The topological polar surface area (TPSA) is 77.0 Å². The molecule has 0 heterocycles. The Balaban J connectivity index is 2.15. The van der Waals surface area contributed by atoms with Gasteiger partial charge in [-0.25, -0.2) is 14.6 Å². The number of hydrogen-bond acceptors (Lipinski definition) is 5. The molecule has 0 aromatic heterocycles. The molecular formula is C17H15FN2O4. The highest BCUT2D eigenvalue weighted by atomic mass is 19.1. The first-order valence-electron chi connectivity index (χ1n) is 6.95. The van der Waals surface area contributed by atoms with Crippen LogP contribution in [0.15, 0.2) is 47.6 Å². The molecule has 0 saturated heterocycles. The third-order valence-corrected chi connectivity index (χ3v) is 2.91. The van der Waals surface area contributed by atoms with E-state index in [1.165, 1.54) is 50.6 Å². The van der Waals surface area contributed by atoms with Gasteiger partial charge < -0.3 is 9.47 Å². The van der Waals surface area contributed by atoms with Gasteiger partial charge in [-0.1, -0.05) is 0 Å². The van der Waals surface area contributed by atoms with Crippen LogP contribution in [-0.4, -0.2) is 25.2 Å². The predicted molar refractivity (Wildman–Crippen MR) is 85.8 cm³/mol. The number of benzene rings is 2. The number of methoxy groups -OCH3 is 1. The second kappa shape index (κ2) is 7.87. The van der Waals surface area contributed by atoms with Crippen LogP contribution in [-0.2, 0) is 4.79 Å². The second-order valence-electron chi connectivity index (χ2n) is 4.73. The van der Waals surface area contributed by atoms with Crippen molar-refractivity contribution in [3.05, 3.63) is 59.4 Å². The van der Waals surface area contributed by atoms with Gasteiger partial charge in [0.25, 0.3) is 0 Å². The van der Waals surface area contributed by atoms with Crippen molar-refractivity contribution in [3.8, 4) is 11.5 Å². The van der Waals surface area contributed by atoms with Gasteiger partial charge >= 0.3 is 5.97 Å². The summed E-state index contributed by atoms with van der Waals surface area (Å²) in [6.07, 6.45) is 1.43. The molecule has 2 aromatic rings. The fourth-order valence-electron chi connectivity index (χ4n) is 1.79. The summed E-state index contributed by atoms with van der Waals surface area (Å²) >= 11 is 0. The zero-order valence-electron chi connectivity index (χ0n) is 13.1. The lowest BCUT2D eigenvalue weighted by atomic mass is 10.2. The summed E-state index contributed by atoms with van der Waals surface area (Å²) in [6, 6.07) is 9.79. The Labute approximate surface area is 137 Å². The van der Waals surface area contributed by atoms with Crippen molar-refractivity contribution < 1.29 is 23.5 Å². The maximum Gasteiger partial charge on any atom is 0.343 e. The van der Waals surface area contributed by atoms with Crippen LogP contribution in [0.5, 0.6) is 11.5 Å². The van der Waals surface area contributed by atoms with Crippen LogP contribution < -0.4 is 14.9 Å². The lowest BCUT2D eigenvalue weighted by Crippen LogP contribution is -2.12. The molecule has 0 spiro atoms. The molecule has 0 unspecified atom stereocenters. The Morgan fingerprint density at radius 3 is 2.46 bits per heavy atom. The minimum Gasteiger partial charge on any atom is -0.493 e. The maximum atomic E-state index is 12.9. The van der Waals surface area contributed by atoms with Crippen LogP contribution in [0.25, 0.3) is 0 Å². The van der Waals surface area contributed by atoms with Crippen molar-refractivity contribution in [2.45, 2.75) is 6.92 Å². The third kappa shape index (κ3) is 4.64. The number of rotatable bonds is 5. The maximum absolute atomic E-state index is 12.9. The number of esters is 1. The summed E-state index contributed by atoms with van der Waals surface area (Å²) in [7, 11) is 1.43. The van der Waals surface area contributed by atoms with Crippen LogP contribution in [0.3, 0.4) is 0 Å². The van der Waals surface area contributed by atoms with Gasteiger partial charge in [-0.2, -0.15) is 5.10 Å². The number of nitrogens with zero attached hydrogens (tertiary/aromatic N) is 1. The third-order valence-electron chi connectivity index (χ3n) is 2.91. The van der Waals surface area contributed by atoms with Crippen molar-refractivity contribution in [1.29, 1.82) is 0 Å². The lowest BCUT2D eigenvalue weighted by Gasteiger charge is -2.10. The first kappa shape index (κ1) is 17.1. The first-order valence-corrected chi connectivity index (χ1v) is 6.95. The molecule has 7 heteroatoms. The Bertz CT molecular complexity index is 773. The average molecular weight is 330 g/mol. The van der Waals surface area contributed by atoms with Crippen LogP contribution in [0.2, 0.25) is 0 Å². The Morgan fingerprint density at radius 2 is 1.83 bits per heavy atom. The highest BCUT2D eigenvalue weighted by molar-refractivity contribution is 5.91. The molecule has 0 radical (unpaired) electrons. The molecule has 0 aliphatic carbocycles. The van der Waals surface area contributed by atoms with Gasteiger partial charge in [-0.3, -0.25) is 4.79 Å². The molecule has 0 atom stereocenters. The van der Waals surface area contributed by atoms with Gasteiger partial charge in [0.2, 0.25) is 5.91 Å². The van der Waals surface area contributed by atoms with E-state index in [1.54, 1.807) is 12.1 Å². The van der Waals surface area contributed by atoms with Gasteiger partial charge in [0.15, 0.2) is 11.5 Å². The Morgan fingerprint density at radius 1 is 1.12 bits per heavy atom. The summed E-state index contributed by atoms with van der Waals surface area (Å²) in [4.78, 5) is 22.8. The molecule has 0 aliphatic rings. The number of ether oxygens (including phenoxy) is 2. The highest BCUT2D eigenvalue weighted by Crippen LogP contribution is 2.28. The van der Waals surface area contributed by atoms with E-state index in [0.29, 0.717) is 11.3 Å². The molecule has 0 fully saturated rings. The van der Waals surface area contributed by atoms with Crippen LogP contribution >= 0.6 is 0 Å². The number of carbonyl (C=O) groups excluding carboxylic acids is 2. The Kier molecular flexibility index (Phi) is 5.62. The smallest absolute Gasteiger partial charge is 0.343 e. The second-order valence-corrected chi connectivity index (χ2v) is 4.73. The zero-order valence-corrected chi connectivity index (χ0v) is 13.1. The van der Waals surface area contributed by atoms with Crippen LogP contribution in [0.4, 0.5) is 4.39 Å². The van der Waals surface area contributed by atoms with Crippen molar-refractivity contribution in [2.24, 2.45) is 5.10 Å². The fraction of sp³-hybridized carbons (Fsp3) is 0.118.